The number of hydrogen-bond acceptors (Lipinski definition) is 3. The van der Waals surface area contributed by atoms with Crippen LogP contribution in [0.5, 0.6) is 0 Å². The van der Waals surface area contributed by atoms with Gasteiger partial charge in [-0.15, -0.1) is 0 Å². The van der Waals surface area contributed by atoms with E-state index in [0.717, 1.165) is 5.56 Å². The van der Waals surface area contributed by atoms with Gasteiger partial charge in [0.25, 0.3) is 5.69 Å². The number of carbonyl (C=O) groups excluding carboxylic acids is 1. The molecule has 2 aromatic carbocycles. The Bertz CT molecular complexity index is 620. The van der Waals surface area contributed by atoms with Crippen LogP contribution in [0.2, 0.25) is 0 Å². The van der Waals surface area contributed by atoms with Gasteiger partial charge < -0.3 is 0 Å². The summed E-state index contributed by atoms with van der Waals surface area (Å²) >= 11 is 0. The van der Waals surface area contributed by atoms with Crippen molar-refractivity contribution in [3.8, 4) is 11.1 Å². The molecule has 0 amide bonds. The lowest BCUT2D eigenvalue weighted by atomic mass is 9.95. The summed E-state index contributed by atoms with van der Waals surface area (Å²) in [5.41, 5.74) is 2.35. The summed E-state index contributed by atoms with van der Waals surface area (Å²) < 4.78 is 0. The van der Waals surface area contributed by atoms with Gasteiger partial charge in [0.2, 0.25) is 0 Å². The van der Waals surface area contributed by atoms with Crippen LogP contribution in [0.15, 0.2) is 42.5 Å². The number of hydrogen-bond donors (Lipinski definition) is 0. The maximum Gasteiger partial charge on any atom is 0.277 e. The van der Waals surface area contributed by atoms with Crippen molar-refractivity contribution < 1.29 is 9.72 Å². The molecule has 0 spiro atoms. The first-order valence-corrected chi connectivity index (χ1v) is 5.43. The number of carbonyl (C=O) groups is 1. The number of rotatable bonds is 3. The molecule has 0 saturated carbocycles. The summed E-state index contributed by atoms with van der Waals surface area (Å²) in [4.78, 5) is 21.7. The largest absolute Gasteiger partial charge is 0.298 e. The van der Waals surface area contributed by atoms with Gasteiger partial charge in [0.15, 0.2) is 6.29 Å². The molecule has 0 heterocycles. The molecule has 0 radical (unpaired) electrons. The monoisotopic (exact) mass is 241 g/mol. The van der Waals surface area contributed by atoms with Gasteiger partial charge in [-0.05, 0) is 18.1 Å². The summed E-state index contributed by atoms with van der Waals surface area (Å²) in [5, 5.41) is 11.1. The smallest absolute Gasteiger partial charge is 0.277 e. The number of nitro groups is 1. The summed E-state index contributed by atoms with van der Waals surface area (Å²) in [7, 11) is 0. The van der Waals surface area contributed by atoms with E-state index in [1.807, 2.05) is 0 Å². The van der Waals surface area contributed by atoms with Crippen molar-refractivity contribution in [2.24, 2.45) is 0 Å². The Balaban J connectivity index is 2.78. The molecule has 0 N–H and O–H groups in total. The van der Waals surface area contributed by atoms with E-state index in [2.05, 4.69) is 0 Å². The lowest BCUT2D eigenvalue weighted by Crippen LogP contribution is -1.96. The molecule has 0 saturated heterocycles. The minimum Gasteiger partial charge on any atom is -0.298 e. The fraction of sp³-hybridized carbons (Fsp3) is 0.0714. The quantitative estimate of drug-likeness (QED) is 0.470. The van der Waals surface area contributed by atoms with Crippen molar-refractivity contribution in [3.05, 3.63) is 63.7 Å². The molecule has 0 aliphatic carbocycles. The van der Waals surface area contributed by atoms with Crippen LogP contribution in [-0.4, -0.2) is 11.2 Å². The highest BCUT2D eigenvalue weighted by molar-refractivity contribution is 5.91. The molecule has 0 atom stereocenters. The molecule has 90 valence electrons. The van der Waals surface area contributed by atoms with Gasteiger partial charge in [-0.2, -0.15) is 0 Å². The highest BCUT2D eigenvalue weighted by Gasteiger charge is 2.18. The average molecular weight is 241 g/mol. The Labute approximate surface area is 104 Å². The molecule has 0 fully saturated rings. The highest BCUT2D eigenvalue weighted by atomic mass is 16.6. The average Bonchev–Trinajstić information content (AvgIpc) is 2.38. The predicted molar refractivity (Wildman–Crippen MR) is 68.7 cm³/mol. The van der Waals surface area contributed by atoms with Crippen LogP contribution in [0.4, 0.5) is 5.69 Å². The molecule has 0 bridgehead atoms. The Morgan fingerprint density at radius 3 is 2.50 bits per heavy atom. The minimum atomic E-state index is -0.427. The summed E-state index contributed by atoms with van der Waals surface area (Å²) in [6.07, 6.45) is 0.714. The standard InChI is InChI=1S/C14H11NO3/c1-10-5-4-8-13(15(17)18)14(10)12-7-3-2-6-11(12)9-16/h2-9H,1H3. The van der Waals surface area contributed by atoms with Crippen molar-refractivity contribution in [3.63, 3.8) is 0 Å². The second-order valence-corrected chi connectivity index (χ2v) is 3.93. The third-order valence-corrected chi connectivity index (χ3v) is 2.80. The van der Waals surface area contributed by atoms with Crippen molar-refractivity contribution in [2.75, 3.05) is 0 Å². The molecule has 4 nitrogen and oxygen atoms in total. The zero-order chi connectivity index (χ0) is 13.1. The van der Waals surface area contributed by atoms with E-state index >= 15 is 0 Å². The van der Waals surface area contributed by atoms with Gasteiger partial charge >= 0.3 is 0 Å². The minimum absolute atomic E-state index is 0.0179. The maximum absolute atomic E-state index is 11.1. The van der Waals surface area contributed by atoms with Crippen LogP contribution in [0.25, 0.3) is 11.1 Å². The Morgan fingerprint density at radius 2 is 1.83 bits per heavy atom. The van der Waals surface area contributed by atoms with E-state index in [9.17, 15) is 14.9 Å². The number of nitrogens with zero attached hydrogens (tertiary/aromatic N) is 1. The third kappa shape index (κ3) is 2.00. The zero-order valence-electron chi connectivity index (χ0n) is 9.79. The zero-order valence-corrected chi connectivity index (χ0v) is 9.79. The topological polar surface area (TPSA) is 60.2 Å². The van der Waals surface area contributed by atoms with Crippen molar-refractivity contribution >= 4 is 12.0 Å². The van der Waals surface area contributed by atoms with Crippen molar-refractivity contribution in [2.45, 2.75) is 6.92 Å². The van der Waals surface area contributed by atoms with Crippen LogP contribution < -0.4 is 0 Å². The van der Waals surface area contributed by atoms with Gasteiger partial charge in [-0.25, -0.2) is 0 Å². The van der Waals surface area contributed by atoms with E-state index in [4.69, 9.17) is 0 Å². The van der Waals surface area contributed by atoms with E-state index < -0.39 is 4.92 Å². The second kappa shape index (κ2) is 4.79. The predicted octanol–water partition coefficient (Wildman–Crippen LogP) is 3.38. The van der Waals surface area contributed by atoms with E-state index in [-0.39, 0.29) is 5.69 Å². The van der Waals surface area contributed by atoms with Crippen LogP contribution in [0.3, 0.4) is 0 Å². The van der Waals surface area contributed by atoms with Gasteiger partial charge in [0.1, 0.15) is 0 Å². The van der Waals surface area contributed by atoms with Gasteiger partial charge in [-0.1, -0.05) is 36.4 Å². The molecule has 2 aromatic rings. The molecular weight excluding hydrogens is 230 g/mol. The van der Waals surface area contributed by atoms with Crippen LogP contribution in [0, 0.1) is 17.0 Å². The molecule has 0 aliphatic rings. The Kier molecular flexibility index (Phi) is 3.19. The number of benzene rings is 2. The van der Waals surface area contributed by atoms with Gasteiger partial charge in [-0.3, -0.25) is 14.9 Å². The van der Waals surface area contributed by atoms with Gasteiger partial charge in [0, 0.05) is 11.6 Å². The van der Waals surface area contributed by atoms with Crippen LogP contribution in [0.1, 0.15) is 15.9 Å². The van der Waals surface area contributed by atoms with Crippen LogP contribution in [-0.2, 0) is 0 Å². The van der Waals surface area contributed by atoms with Crippen LogP contribution >= 0.6 is 0 Å². The molecule has 4 heteroatoms. The molecule has 0 unspecified atom stereocenters. The first-order valence-electron chi connectivity index (χ1n) is 5.43. The fourth-order valence-electron chi connectivity index (χ4n) is 1.98. The molecule has 2 rings (SSSR count). The third-order valence-electron chi connectivity index (χ3n) is 2.80. The van der Waals surface area contributed by atoms with Crippen molar-refractivity contribution in [1.82, 2.24) is 0 Å². The highest BCUT2D eigenvalue weighted by Crippen LogP contribution is 2.34. The lowest BCUT2D eigenvalue weighted by molar-refractivity contribution is -0.384. The normalized spacial score (nSPS) is 10.1. The first-order chi connectivity index (χ1) is 8.65. The first kappa shape index (κ1) is 12.0. The molecule has 0 aromatic heterocycles. The van der Waals surface area contributed by atoms with Crippen molar-refractivity contribution in [1.29, 1.82) is 0 Å². The Morgan fingerprint density at radius 1 is 1.11 bits per heavy atom. The molecule has 18 heavy (non-hydrogen) atoms. The number of aldehydes is 1. The Hall–Kier alpha value is -2.49. The van der Waals surface area contributed by atoms with E-state index in [1.165, 1.54) is 6.07 Å². The van der Waals surface area contributed by atoms with Gasteiger partial charge in [0.05, 0.1) is 10.5 Å². The fourth-order valence-corrected chi connectivity index (χ4v) is 1.98. The summed E-state index contributed by atoms with van der Waals surface area (Å²) in [6, 6.07) is 11.8. The lowest BCUT2D eigenvalue weighted by Gasteiger charge is -2.08. The SMILES string of the molecule is Cc1cccc([N+](=O)[O-])c1-c1ccccc1C=O. The van der Waals surface area contributed by atoms with E-state index in [0.29, 0.717) is 23.0 Å². The number of aryl methyl sites for hydroxylation is 1. The summed E-state index contributed by atoms with van der Waals surface area (Å²) in [6.45, 7) is 1.80. The summed E-state index contributed by atoms with van der Waals surface area (Å²) in [5.74, 6) is 0. The molecular formula is C14H11NO3. The van der Waals surface area contributed by atoms with E-state index in [1.54, 1.807) is 43.3 Å². The molecule has 0 aliphatic heterocycles. The second-order valence-electron chi connectivity index (χ2n) is 3.93. The maximum atomic E-state index is 11.1. The number of nitro benzene ring substituents is 1.